The van der Waals surface area contributed by atoms with Crippen LogP contribution in [-0.2, 0) is 0 Å². The first-order chi connectivity index (χ1) is 9.62. The summed E-state index contributed by atoms with van der Waals surface area (Å²) in [6.07, 6.45) is 6.47. The van der Waals surface area contributed by atoms with E-state index in [1.807, 2.05) is 0 Å². The summed E-state index contributed by atoms with van der Waals surface area (Å²) in [6.45, 7) is 15.8. The van der Waals surface area contributed by atoms with E-state index >= 15 is 0 Å². The average Bonchev–Trinajstić information content (AvgIpc) is 2.47. The highest BCUT2D eigenvalue weighted by Crippen LogP contribution is 1.66. The summed E-state index contributed by atoms with van der Waals surface area (Å²) < 4.78 is 0. The zero-order valence-corrected chi connectivity index (χ0v) is 11.8. The molecule has 20 heavy (non-hydrogen) atoms. The fourth-order valence-electron chi connectivity index (χ4n) is 0.784. The first-order valence-corrected chi connectivity index (χ1v) is 6.09. The van der Waals surface area contributed by atoms with E-state index in [1.54, 1.807) is 24.3 Å². The van der Waals surface area contributed by atoms with Crippen molar-refractivity contribution in [3.63, 3.8) is 0 Å². The van der Waals surface area contributed by atoms with Crippen molar-refractivity contribution in [2.45, 2.75) is 0 Å². The van der Waals surface area contributed by atoms with Gasteiger partial charge in [0.05, 0.1) is 0 Å². The van der Waals surface area contributed by atoms with E-state index in [4.69, 9.17) is 0 Å². The van der Waals surface area contributed by atoms with Gasteiger partial charge in [0.1, 0.15) is 0 Å². The topological polar surface area (TPSA) is 82.3 Å². The molecule has 0 aromatic carbocycles. The molecule has 4 N–H and O–H groups in total. The highest BCUT2D eigenvalue weighted by Gasteiger charge is 1.92. The molecule has 0 rings (SSSR count). The predicted molar refractivity (Wildman–Crippen MR) is 83.6 cm³/mol. The molecule has 0 bridgehead atoms. The average molecular weight is 280 g/mol. The van der Waals surface area contributed by atoms with Crippen LogP contribution in [0, 0.1) is 0 Å². The van der Waals surface area contributed by atoms with Crippen LogP contribution in [0.5, 0.6) is 0 Å². The van der Waals surface area contributed by atoms with Crippen molar-refractivity contribution < 1.29 is 9.59 Å². The number of carbonyl (C=O) groups excluding carboxylic acids is 2. The zero-order valence-electron chi connectivity index (χ0n) is 11.8. The number of nitrogens with one attached hydrogen (secondary N) is 4. The van der Waals surface area contributed by atoms with Gasteiger partial charge in [-0.1, -0.05) is 24.3 Å². The molecular weight excluding hydrogens is 256 g/mol. The Morgan fingerprint density at radius 3 is 0.950 bits per heavy atom. The van der Waals surface area contributed by atoms with E-state index < -0.39 is 0 Å². The lowest BCUT2D eigenvalue weighted by molar-refractivity contribution is 0.242. The Kier molecular flexibility index (Phi) is 16.4. The number of urea groups is 2. The maximum Gasteiger partial charge on any atom is 0.315 e. The highest BCUT2D eigenvalue weighted by molar-refractivity contribution is 5.74. The maximum atomic E-state index is 10.6. The van der Waals surface area contributed by atoms with Crippen molar-refractivity contribution in [1.29, 1.82) is 0 Å². The molecule has 0 aromatic rings. The Labute approximate surface area is 120 Å². The third-order valence-corrected chi connectivity index (χ3v) is 1.63. The molecule has 6 heteroatoms. The van der Waals surface area contributed by atoms with Crippen LogP contribution < -0.4 is 21.3 Å². The van der Waals surface area contributed by atoms with Gasteiger partial charge in [0, 0.05) is 26.2 Å². The molecule has 0 heterocycles. The van der Waals surface area contributed by atoms with E-state index in [-0.39, 0.29) is 12.1 Å². The SMILES string of the molecule is C=CCNC(=O)NCC=C.C=CCNC(=O)NCC=C. The second-order valence-electron chi connectivity index (χ2n) is 3.34. The van der Waals surface area contributed by atoms with Gasteiger partial charge in [-0.25, -0.2) is 9.59 Å². The Hall–Kier alpha value is -2.50. The molecule has 0 saturated heterocycles. The van der Waals surface area contributed by atoms with E-state index in [1.165, 1.54) is 0 Å². The minimum Gasteiger partial charge on any atom is -0.335 e. The van der Waals surface area contributed by atoms with Crippen molar-refractivity contribution in [3.05, 3.63) is 50.6 Å². The molecule has 0 atom stereocenters. The zero-order chi connectivity index (χ0) is 15.6. The van der Waals surface area contributed by atoms with Gasteiger partial charge in [0.25, 0.3) is 0 Å². The second kappa shape index (κ2) is 16.5. The van der Waals surface area contributed by atoms with E-state index in [0.717, 1.165) is 0 Å². The third-order valence-electron chi connectivity index (χ3n) is 1.63. The molecule has 6 nitrogen and oxygen atoms in total. The standard InChI is InChI=1S/2C7H12N2O/c2*1-3-5-8-7(10)9-6-4-2/h2*3-4H,1-2,5-6H2,(H2,8,9,10). The van der Waals surface area contributed by atoms with Crippen molar-refractivity contribution >= 4 is 12.1 Å². The van der Waals surface area contributed by atoms with Crippen LogP contribution in [0.1, 0.15) is 0 Å². The van der Waals surface area contributed by atoms with Gasteiger partial charge in [-0.15, -0.1) is 26.3 Å². The number of hydrogen-bond acceptors (Lipinski definition) is 2. The van der Waals surface area contributed by atoms with Crippen LogP contribution >= 0.6 is 0 Å². The normalized spacial score (nSPS) is 8.00. The fraction of sp³-hybridized carbons (Fsp3) is 0.286. The van der Waals surface area contributed by atoms with E-state index in [0.29, 0.717) is 26.2 Å². The molecule has 4 amide bonds. The smallest absolute Gasteiger partial charge is 0.315 e. The summed E-state index contributed by atoms with van der Waals surface area (Å²) in [5.74, 6) is 0. The van der Waals surface area contributed by atoms with Gasteiger partial charge in [-0.05, 0) is 0 Å². The molecule has 0 aliphatic carbocycles. The molecule has 0 fully saturated rings. The van der Waals surface area contributed by atoms with E-state index in [2.05, 4.69) is 47.6 Å². The number of carbonyl (C=O) groups is 2. The summed E-state index contributed by atoms with van der Waals surface area (Å²) in [6, 6.07) is -0.389. The monoisotopic (exact) mass is 280 g/mol. The lowest BCUT2D eigenvalue weighted by Gasteiger charge is -2.01. The van der Waals surface area contributed by atoms with Crippen molar-refractivity contribution in [1.82, 2.24) is 21.3 Å². The molecule has 0 aliphatic rings. The van der Waals surface area contributed by atoms with Gasteiger partial charge >= 0.3 is 12.1 Å². The van der Waals surface area contributed by atoms with Gasteiger partial charge in [-0.2, -0.15) is 0 Å². The van der Waals surface area contributed by atoms with Gasteiger partial charge in [0.15, 0.2) is 0 Å². The Morgan fingerprint density at radius 2 is 0.800 bits per heavy atom. The van der Waals surface area contributed by atoms with Crippen LogP contribution in [0.15, 0.2) is 50.6 Å². The summed E-state index contributed by atoms with van der Waals surface area (Å²) in [5, 5.41) is 10.2. The number of hydrogen-bond donors (Lipinski definition) is 4. The third kappa shape index (κ3) is 17.9. The van der Waals surface area contributed by atoms with Gasteiger partial charge in [-0.3, -0.25) is 0 Å². The summed E-state index contributed by atoms with van der Waals surface area (Å²) in [4.78, 5) is 21.3. The molecular formula is C14H24N4O2. The molecule has 112 valence electrons. The molecule has 0 radical (unpaired) electrons. The highest BCUT2D eigenvalue weighted by atomic mass is 16.2. The molecule has 0 saturated carbocycles. The predicted octanol–water partition coefficient (Wildman–Crippen LogP) is 1.32. The van der Waals surface area contributed by atoms with Gasteiger partial charge in [0.2, 0.25) is 0 Å². The van der Waals surface area contributed by atoms with Crippen LogP contribution in [0.25, 0.3) is 0 Å². The fourth-order valence-corrected chi connectivity index (χ4v) is 0.784. The quantitative estimate of drug-likeness (QED) is 0.506. The van der Waals surface area contributed by atoms with Crippen LogP contribution in [0.2, 0.25) is 0 Å². The minimum atomic E-state index is -0.195. The Morgan fingerprint density at radius 1 is 0.600 bits per heavy atom. The summed E-state index contributed by atoms with van der Waals surface area (Å²) in [5.41, 5.74) is 0. The summed E-state index contributed by atoms with van der Waals surface area (Å²) in [7, 11) is 0. The first-order valence-electron chi connectivity index (χ1n) is 6.09. The molecule has 0 aliphatic heterocycles. The number of rotatable bonds is 8. The van der Waals surface area contributed by atoms with Crippen molar-refractivity contribution in [2.24, 2.45) is 0 Å². The van der Waals surface area contributed by atoms with Crippen LogP contribution in [-0.4, -0.2) is 38.2 Å². The second-order valence-corrected chi connectivity index (χ2v) is 3.34. The van der Waals surface area contributed by atoms with Crippen molar-refractivity contribution in [2.75, 3.05) is 26.2 Å². The largest absolute Gasteiger partial charge is 0.335 e. The van der Waals surface area contributed by atoms with E-state index in [9.17, 15) is 9.59 Å². The number of amides is 4. The summed E-state index contributed by atoms with van der Waals surface area (Å²) >= 11 is 0. The molecule has 0 unspecified atom stereocenters. The molecule has 0 spiro atoms. The maximum absolute atomic E-state index is 10.6. The lowest BCUT2D eigenvalue weighted by atomic mass is 10.6. The molecule has 0 aromatic heterocycles. The minimum absolute atomic E-state index is 0.195. The van der Waals surface area contributed by atoms with Crippen LogP contribution in [0.3, 0.4) is 0 Å². The van der Waals surface area contributed by atoms with Crippen LogP contribution in [0.4, 0.5) is 9.59 Å². The Balaban J connectivity index is 0. The Bertz CT molecular complexity index is 267. The first kappa shape index (κ1) is 19.8. The van der Waals surface area contributed by atoms with Gasteiger partial charge < -0.3 is 21.3 Å². The lowest BCUT2D eigenvalue weighted by Crippen LogP contribution is -2.35. The van der Waals surface area contributed by atoms with Crippen molar-refractivity contribution in [3.8, 4) is 0 Å².